The maximum atomic E-state index is 9.96. The highest BCUT2D eigenvalue weighted by molar-refractivity contribution is 5.20. The van der Waals surface area contributed by atoms with E-state index in [4.69, 9.17) is 0 Å². The van der Waals surface area contributed by atoms with Gasteiger partial charge >= 0.3 is 0 Å². The minimum Gasteiger partial charge on any atom is -0.388 e. The standard InChI is InChI=1S/C12H14N2O/c1-9-11(14-8-13-9)7-12(15)10-5-3-2-4-6-10/h2-6,8,12,15H,7H2,1H3,(H,13,14). The summed E-state index contributed by atoms with van der Waals surface area (Å²) in [5, 5.41) is 9.96. The number of imidazole rings is 1. The van der Waals surface area contributed by atoms with Crippen LogP contribution in [0.4, 0.5) is 0 Å². The lowest BCUT2D eigenvalue weighted by Gasteiger charge is -2.09. The van der Waals surface area contributed by atoms with Gasteiger partial charge in [-0.15, -0.1) is 0 Å². The van der Waals surface area contributed by atoms with Crippen LogP contribution in [0.5, 0.6) is 0 Å². The van der Waals surface area contributed by atoms with Gasteiger partial charge in [-0.1, -0.05) is 30.3 Å². The van der Waals surface area contributed by atoms with Crippen LogP contribution >= 0.6 is 0 Å². The minimum absolute atomic E-state index is 0.479. The quantitative estimate of drug-likeness (QED) is 0.799. The monoisotopic (exact) mass is 202 g/mol. The van der Waals surface area contributed by atoms with E-state index < -0.39 is 6.10 Å². The largest absolute Gasteiger partial charge is 0.388 e. The SMILES string of the molecule is Cc1[nH]cnc1CC(O)c1ccccc1. The Kier molecular flexibility index (Phi) is 2.83. The Balaban J connectivity index is 2.11. The molecule has 0 aliphatic carbocycles. The van der Waals surface area contributed by atoms with E-state index in [9.17, 15) is 5.11 Å². The second kappa shape index (κ2) is 4.28. The topological polar surface area (TPSA) is 48.9 Å². The third-order valence-corrected chi connectivity index (χ3v) is 2.51. The fourth-order valence-corrected chi connectivity index (χ4v) is 1.57. The van der Waals surface area contributed by atoms with E-state index in [-0.39, 0.29) is 0 Å². The van der Waals surface area contributed by atoms with Crippen molar-refractivity contribution in [2.75, 3.05) is 0 Å². The average molecular weight is 202 g/mol. The van der Waals surface area contributed by atoms with Crippen LogP contribution in [0.25, 0.3) is 0 Å². The van der Waals surface area contributed by atoms with E-state index in [1.165, 1.54) is 0 Å². The average Bonchev–Trinajstić information content (AvgIpc) is 2.66. The van der Waals surface area contributed by atoms with E-state index in [2.05, 4.69) is 9.97 Å². The zero-order valence-corrected chi connectivity index (χ0v) is 8.64. The molecule has 0 aliphatic rings. The van der Waals surface area contributed by atoms with Crippen molar-refractivity contribution >= 4 is 0 Å². The molecule has 0 spiro atoms. The summed E-state index contributed by atoms with van der Waals surface area (Å²) in [5.74, 6) is 0. The highest BCUT2D eigenvalue weighted by atomic mass is 16.3. The van der Waals surface area contributed by atoms with Crippen LogP contribution in [0.1, 0.15) is 23.1 Å². The zero-order valence-electron chi connectivity index (χ0n) is 8.64. The van der Waals surface area contributed by atoms with Gasteiger partial charge in [0.15, 0.2) is 0 Å². The molecule has 0 fully saturated rings. The Labute approximate surface area is 88.8 Å². The molecule has 15 heavy (non-hydrogen) atoms. The third-order valence-electron chi connectivity index (χ3n) is 2.51. The molecule has 0 amide bonds. The molecule has 2 N–H and O–H groups in total. The molecular formula is C12H14N2O. The zero-order chi connectivity index (χ0) is 10.7. The summed E-state index contributed by atoms with van der Waals surface area (Å²) in [6.07, 6.45) is 1.73. The Morgan fingerprint density at radius 3 is 2.67 bits per heavy atom. The summed E-state index contributed by atoms with van der Waals surface area (Å²) in [6.45, 7) is 1.96. The summed E-state index contributed by atoms with van der Waals surface area (Å²) >= 11 is 0. The maximum absolute atomic E-state index is 9.96. The van der Waals surface area contributed by atoms with Gasteiger partial charge in [0.25, 0.3) is 0 Å². The number of H-pyrrole nitrogens is 1. The number of nitrogens with zero attached hydrogens (tertiary/aromatic N) is 1. The maximum Gasteiger partial charge on any atom is 0.0925 e. The Morgan fingerprint density at radius 1 is 1.33 bits per heavy atom. The lowest BCUT2D eigenvalue weighted by Crippen LogP contribution is -2.02. The third kappa shape index (κ3) is 2.25. The van der Waals surface area contributed by atoms with Crippen LogP contribution in [0, 0.1) is 6.92 Å². The molecule has 3 nitrogen and oxygen atoms in total. The number of aromatic amines is 1. The van der Waals surface area contributed by atoms with Crippen molar-refractivity contribution in [3.8, 4) is 0 Å². The molecule has 1 heterocycles. The highest BCUT2D eigenvalue weighted by Gasteiger charge is 2.10. The van der Waals surface area contributed by atoms with Crippen molar-refractivity contribution in [3.63, 3.8) is 0 Å². The van der Waals surface area contributed by atoms with Gasteiger partial charge < -0.3 is 10.1 Å². The molecule has 0 aliphatic heterocycles. The molecule has 1 unspecified atom stereocenters. The van der Waals surface area contributed by atoms with Crippen LogP contribution in [-0.4, -0.2) is 15.1 Å². The van der Waals surface area contributed by atoms with Gasteiger partial charge in [0, 0.05) is 12.1 Å². The van der Waals surface area contributed by atoms with Crippen molar-refractivity contribution in [2.45, 2.75) is 19.4 Å². The Bertz CT molecular complexity index is 422. The number of hydrogen-bond donors (Lipinski definition) is 2. The molecule has 0 saturated carbocycles. The summed E-state index contributed by atoms with van der Waals surface area (Å²) < 4.78 is 0. The highest BCUT2D eigenvalue weighted by Crippen LogP contribution is 2.17. The van der Waals surface area contributed by atoms with E-state index in [1.807, 2.05) is 37.3 Å². The van der Waals surface area contributed by atoms with Crippen molar-refractivity contribution in [2.24, 2.45) is 0 Å². The number of aliphatic hydroxyl groups excluding tert-OH is 1. The fourth-order valence-electron chi connectivity index (χ4n) is 1.57. The van der Waals surface area contributed by atoms with Crippen LogP contribution in [0.15, 0.2) is 36.7 Å². The van der Waals surface area contributed by atoms with Gasteiger partial charge in [-0.25, -0.2) is 4.98 Å². The first-order valence-electron chi connectivity index (χ1n) is 4.99. The number of hydrogen-bond acceptors (Lipinski definition) is 2. The normalized spacial score (nSPS) is 12.7. The number of aryl methyl sites for hydroxylation is 1. The van der Waals surface area contributed by atoms with E-state index >= 15 is 0 Å². The van der Waals surface area contributed by atoms with Crippen LogP contribution in [-0.2, 0) is 6.42 Å². The summed E-state index contributed by atoms with van der Waals surface area (Å²) in [5.41, 5.74) is 2.87. The molecule has 0 bridgehead atoms. The second-order valence-corrected chi connectivity index (χ2v) is 3.60. The van der Waals surface area contributed by atoms with Crippen molar-refractivity contribution in [1.29, 1.82) is 0 Å². The summed E-state index contributed by atoms with van der Waals surface area (Å²) in [7, 11) is 0. The summed E-state index contributed by atoms with van der Waals surface area (Å²) in [4.78, 5) is 7.17. The molecular weight excluding hydrogens is 188 g/mol. The molecule has 2 rings (SSSR count). The van der Waals surface area contributed by atoms with E-state index in [0.717, 1.165) is 17.0 Å². The van der Waals surface area contributed by atoms with Crippen LogP contribution < -0.4 is 0 Å². The van der Waals surface area contributed by atoms with Crippen LogP contribution in [0.2, 0.25) is 0 Å². The second-order valence-electron chi connectivity index (χ2n) is 3.60. The first-order valence-corrected chi connectivity index (χ1v) is 4.99. The Hall–Kier alpha value is -1.61. The lowest BCUT2D eigenvalue weighted by atomic mass is 10.0. The van der Waals surface area contributed by atoms with E-state index in [0.29, 0.717) is 6.42 Å². The molecule has 1 atom stereocenters. The van der Waals surface area contributed by atoms with Gasteiger partial charge in [0.1, 0.15) is 0 Å². The van der Waals surface area contributed by atoms with Crippen molar-refractivity contribution in [1.82, 2.24) is 9.97 Å². The number of aliphatic hydroxyl groups is 1. The first kappa shape index (κ1) is 9.93. The van der Waals surface area contributed by atoms with Gasteiger partial charge in [-0.3, -0.25) is 0 Å². The Morgan fingerprint density at radius 2 is 2.07 bits per heavy atom. The number of nitrogens with one attached hydrogen (secondary N) is 1. The number of aromatic nitrogens is 2. The molecule has 0 radical (unpaired) electrons. The molecule has 1 aromatic heterocycles. The smallest absolute Gasteiger partial charge is 0.0925 e. The van der Waals surface area contributed by atoms with Crippen molar-refractivity contribution in [3.05, 3.63) is 53.6 Å². The predicted octanol–water partition coefficient (Wildman–Crippen LogP) is 1.99. The predicted molar refractivity (Wildman–Crippen MR) is 58.4 cm³/mol. The molecule has 3 heteroatoms. The van der Waals surface area contributed by atoms with Crippen molar-refractivity contribution < 1.29 is 5.11 Å². The fraction of sp³-hybridized carbons (Fsp3) is 0.250. The number of benzene rings is 1. The van der Waals surface area contributed by atoms with Gasteiger partial charge in [0.05, 0.1) is 18.1 Å². The lowest BCUT2D eigenvalue weighted by molar-refractivity contribution is 0.177. The van der Waals surface area contributed by atoms with E-state index in [1.54, 1.807) is 6.33 Å². The molecule has 1 aromatic carbocycles. The van der Waals surface area contributed by atoms with Gasteiger partial charge in [-0.2, -0.15) is 0 Å². The van der Waals surface area contributed by atoms with Gasteiger partial charge in [-0.05, 0) is 12.5 Å². The molecule has 2 aromatic rings. The van der Waals surface area contributed by atoms with Crippen LogP contribution in [0.3, 0.4) is 0 Å². The number of rotatable bonds is 3. The molecule has 0 saturated heterocycles. The minimum atomic E-state index is -0.479. The summed E-state index contributed by atoms with van der Waals surface area (Å²) in [6, 6.07) is 9.64. The first-order chi connectivity index (χ1) is 7.27. The molecule has 78 valence electrons. The van der Waals surface area contributed by atoms with Gasteiger partial charge in [0.2, 0.25) is 0 Å².